The van der Waals surface area contributed by atoms with Gasteiger partial charge in [-0.15, -0.1) is 13.2 Å². The van der Waals surface area contributed by atoms with Crippen LogP contribution < -0.4 is 10.1 Å². The second-order valence-electron chi connectivity index (χ2n) is 7.51. The molecule has 2 aromatic rings. The fraction of sp³-hybridized carbons (Fsp3) is 0.333. The normalized spacial score (nSPS) is 12.7. The summed E-state index contributed by atoms with van der Waals surface area (Å²) in [6, 6.07) is 10.9. The van der Waals surface area contributed by atoms with Crippen molar-refractivity contribution in [2.75, 3.05) is 0 Å². The number of carboxylic acid groups (broad SMARTS) is 1. The van der Waals surface area contributed by atoms with Crippen molar-refractivity contribution in [1.82, 2.24) is 5.32 Å². The number of halogens is 3. The Morgan fingerprint density at radius 3 is 2.20 bits per heavy atom. The molecule has 0 aromatic heterocycles. The van der Waals surface area contributed by atoms with Crippen molar-refractivity contribution < 1.29 is 37.3 Å². The lowest BCUT2D eigenvalue weighted by molar-refractivity contribution is -0.274. The molecule has 6 nitrogen and oxygen atoms in total. The predicted octanol–water partition coefficient (Wildman–Crippen LogP) is 4.77. The number of carbonyl (C=O) groups excluding carboxylic acids is 1. The average Bonchev–Trinajstić information content (AvgIpc) is 2.59. The van der Waals surface area contributed by atoms with Gasteiger partial charge in [-0.25, -0.2) is 9.59 Å². The van der Waals surface area contributed by atoms with Crippen LogP contribution in [0.2, 0.25) is 0 Å². The largest absolute Gasteiger partial charge is 0.573 e. The highest BCUT2D eigenvalue weighted by atomic mass is 19.4. The molecule has 0 radical (unpaired) electrons. The van der Waals surface area contributed by atoms with E-state index in [1.165, 1.54) is 18.2 Å². The maximum absolute atomic E-state index is 12.4. The summed E-state index contributed by atoms with van der Waals surface area (Å²) in [6.07, 6.45) is -5.62. The highest BCUT2D eigenvalue weighted by Gasteiger charge is 2.31. The van der Waals surface area contributed by atoms with Crippen molar-refractivity contribution in [1.29, 1.82) is 0 Å². The molecule has 2 N–H and O–H groups in total. The summed E-state index contributed by atoms with van der Waals surface area (Å²) in [4.78, 5) is 23.3. The van der Waals surface area contributed by atoms with Crippen molar-refractivity contribution >= 4 is 12.1 Å². The molecule has 0 aliphatic rings. The molecule has 162 valence electrons. The number of rotatable bonds is 6. The van der Waals surface area contributed by atoms with Crippen LogP contribution in [0, 0.1) is 0 Å². The van der Waals surface area contributed by atoms with Gasteiger partial charge in [0, 0.05) is 6.42 Å². The number of benzene rings is 2. The fourth-order valence-electron chi connectivity index (χ4n) is 2.59. The second-order valence-corrected chi connectivity index (χ2v) is 7.51. The van der Waals surface area contributed by atoms with Gasteiger partial charge in [0.25, 0.3) is 0 Å². The summed E-state index contributed by atoms with van der Waals surface area (Å²) >= 11 is 0. The molecule has 0 fully saturated rings. The molecule has 9 heteroatoms. The number of hydrogen-bond donors (Lipinski definition) is 2. The molecular formula is C21H22F3NO5. The van der Waals surface area contributed by atoms with Crippen LogP contribution >= 0.6 is 0 Å². The summed E-state index contributed by atoms with van der Waals surface area (Å²) in [6.45, 7) is 4.99. The molecule has 0 saturated heterocycles. The zero-order chi connectivity index (χ0) is 22.5. The topological polar surface area (TPSA) is 84.9 Å². The van der Waals surface area contributed by atoms with Crippen LogP contribution in [0.4, 0.5) is 18.0 Å². The number of alkyl carbamates (subject to hydrolysis) is 1. The van der Waals surface area contributed by atoms with E-state index in [2.05, 4.69) is 10.1 Å². The minimum atomic E-state index is -4.78. The number of carboxylic acids is 1. The number of alkyl halides is 3. The quantitative estimate of drug-likeness (QED) is 0.696. The SMILES string of the molecule is CC(C)(C)OC(=O)N[C@@H](Cc1ccc(-c2cccc(OC(F)(F)F)c2)cc1)C(=O)O. The van der Waals surface area contributed by atoms with Gasteiger partial charge in [-0.1, -0.05) is 36.4 Å². The van der Waals surface area contributed by atoms with Crippen LogP contribution in [-0.2, 0) is 16.0 Å². The maximum Gasteiger partial charge on any atom is 0.573 e. The molecule has 2 rings (SSSR count). The zero-order valence-electron chi connectivity index (χ0n) is 16.6. The van der Waals surface area contributed by atoms with Crippen LogP contribution in [0.15, 0.2) is 48.5 Å². The Balaban J connectivity index is 2.10. The first-order valence-electron chi connectivity index (χ1n) is 9.00. The summed E-state index contributed by atoms with van der Waals surface area (Å²) in [5.74, 6) is -1.56. The minimum absolute atomic E-state index is 0.00603. The third-order valence-corrected chi connectivity index (χ3v) is 3.78. The lowest BCUT2D eigenvalue weighted by Crippen LogP contribution is -2.44. The van der Waals surface area contributed by atoms with Crippen molar-refractivity contribution in [3.05, 3.63) is 54.1 Å². The standard InChI is InChI=1S/C21H22F3NO5/c1-20(2,3)30-19(28)25-17(18(26)27)11-13-7-9-14(10-8-13)15-5-4-6-16(12-15)29-21(22,23)24/h4-10,12,17H,11H2,1-3H3,(H,25,28)(H,26,27)/t17-/m0/s1. The van der Waals surface area contributed by atoms with Crippen LogP contribution in [0.3, 0.4) is 0 Å². The number of amides is 1. The number of hydrogen-bond acceptors (Lipinski definition) is 4. The van der Waals surface area contributed by atoms with E-state index in [4.69, 9.17) is 4.74 Å². The first-order chi connectivity index (χ1) is 13.8. The Hall–Kier alpha value is -3.23. The summed E-state index contributed by atoms with van der Waals surface area (Å²) in [7, 11) is 0. The first-order valence-corrected chi connectivity index (χ1v) is 9.00. The van der Waals surface area contributed by atoms with E-state index in [9.17, 15) is 27.9 Å². The lowest BCUT2D eigenvalue weighted by Gasteiger charge is -2.22. The fourth-order valence-corrected chi connectivity index (χ4v) is 2.59. The van der Waals surface area contributed by atoms with Gasteiger partial charge in [-0.2, -0.15) is 0 Å². The molecular weight excluding hydrogens is 403 g/mol. The predicted molar refractivity (Wildman–Crippen MR) is 103 cm³/mol. The van der Waals surface area contributed by atoms with Crippen LogP contribution in [0.1, 0.15) is 26.3 Å². The first kappa shape index (κ1) is 23.1. The highest BCUT2D eigenvalue weighted by molar-refractivity contribution is 5.80. The van der Waals surface area contributed by atoms with E-state index in [1.807, 2.05) is 0 Å². The third-order valence-electron chi connectivity index (χ3n) is 3.78. The van der Waals surface area contributed by atoms with Gasteiger partial charge in [0.2, 0.25) is 0 Å². The molecule has 30 heavy (non-hydrogen) atoms. The zero-order valence-corrected chi connectivity index (χ0v) is 16.6. The molecule has 0 aliphatic carbocycles. The van der Waals surface area contributed by atoms with Gasteiger partial charge in [-0.05, 0) is 49.6 Å². The van der Waals surface area contributed by atoms with E-state index >= 15 is 0 Å². The minimum Gasteiger partial charge on any atom is -0.480 e. The van der Waals surface area contributed by atoms with Crippen molar-refractivity contribution in [2.24, 2.45) is 0 Å². The van der Waals surface area contributed by atoms with Crippen LogP contribution in [0.5, 0.6) is 5.75 Å². The van der Waals surface area contributed by atoms with Crippen LogP contribution in [-0.4, -0.2) is 35.2 Å². The van der Waals surface area contributed by atoms with E-state index < -0.39 is 30.1 Å². The second kappa shape index (κ2) is 9.06. The molecule has 0 aliphatic heterocycles. The van der Waals surface area contributed by atoms with E-state index in [-0.39, 0.29) is 12.2 Å². The van der Waals surface area contributed by atoms with Gasteiger partial charge in [0.05, 0.1) is 0 Å². The summed E-state index contributed by atoms with van der Waals surface area (Å²) in [5.41, 5.74) is 0.979. The third kappa shape index (κ3) is 7.65. The lowest BCUT2D eigenvalue weighted by atomic mass is 10.0. The Morgan fingerprint density at radius 1 is 1.03 bits per heavy atom. The molecule has 0 bridgehead atoms. The summed E-state index contributed by atoms with van der Waals surface area (Å²) < 4.78 is 46.2. The van der Waals surface area contributed by atoms with Crippen molar-refractivity contribution in [3.63, 3.8) is 0 Å². The molecule has 1 amide bonds. The molecule has 0 saturated carbocycles. The van der Waals surface area contributed by atoms with Gasteiger partial charge >= 0.3 is 18.4 Å². The molecule has 2 aromatic carbocycles. The number of aliphatic carboxylic acids is 1. The number of nitrogens with one attached hydrogen (secondary N) is 1. The van der Waals surface area contributed by atoms with Crippen molar-refractivity contribution in [2.45, 2.75) is 45.2 Å². The monoisotopic (exact) mass is 425 g/mol. The molecule has 0 spiro atoms. The Bertz CT molecular complexity index is 889. The Labute approximate surface area is 171 Å². The maximum atomic E-state index is 12.4. The Kier molecular flexibility index (Phi) is 6.96. The Morgan fingerprint density at radius 2 is 1.67 bits per heavy atom. The van der Waals surface area contributed by atoms with Gasteiger partial charge in [0.15, 0.2) is 0 Å². The highest BCUT2D eigenvalue weighted by Crippen LogP contribution is 2.28. The van der Waals surface area contributed by atoms with Crippen molar-refractivity contribution in [3.8, 4) is 16.9 Å². The molecule has 1 atom stereocenters. The van der Waals surface area contributed by atoms with E-state index in [0.717, 1.165) is 0 Å². The van der Waals surface area contributed by atoms with Gasteiger partial charge in [0.1, 0.15) is 17.4 Å². The molecule has 0 unspecified atom stereocenters. The molecule has 0 heterocycles. The smallest absolute Gasteiger partial charge is 0.480 e. The average molecular weight is 425 g/mol. The van der Waals surface area contributed by atoms with Gasteiger partial charge < -0.3 is 19.9 Å². The van der Waals surface area contributed by atoms with E-state index in [1.54, 1.807) is 51.1 Å². The van der Waals surface area contributed by atoms with E-state index in [0.29, 0.717) is 16.7 Å². The number of ether oxygens (including phenoxy) is 2. The number of carbonyl (C=O) groups is 2. The van der Waals surface area contributed by atoms with Gasteiger partial charge in [-0.3, -0.25) is 0 Å². The van der Waals surface area contributed by atoms with Crippen LogP contribution in [0.25, 0.3) is 11.1 Å². The summed E-state index contributed by atoms with van der Waals surface area (Å²) in [5, 5.41) is 11.7.